The van der Waals surface area contributed by atoms with Crippen molar-refractivity contribution in [3.05, 3.63) is 34.5 Å². The quantitative estimate of drug-likeness (QED) is 0.623. The van der Waals surface area contributed by atoms with Crippen molar-refractivity contribution in [2.75, 3.05) is 39.3 Å². The van der Waals surface area contributed by atoms with Gasteiger partial charge >= 0.3 is 12.1 Å². The van der Waals surface area contributed by atoms with Crippen LogP contribution in [0.1, 0.15) is 10.5 Å². The lowest BCUT2D eigenvalue weighted by Crippen LogP contribution is -2.56. The summed E-state index contributed by atoms with van der Waals surface area (Å²) in [5.74, 6) is -5.49. The molecule has 0 saturated carbocycles. The summed E-state index contributed by atoms with van der Waals surface area (Å²) in [4.78, 5) is 29.8. The zero-order valence-corrected chi connectivity index (χ0v) is 18.1. The summed E-state index contributed by atoms with van der Waals surface area (Å²) in [6.45, 7) is -1.99. The Bertz CT molecular complexity index is 1120. The van der Waals surface area contributed by atoms with Crippen molar-refractivity contribution in [2.45, 2.75) is 24.6 Å². The van der Waals surface area contributed by atoms with Crippen LogP contribution in [-0.4, -0.2) is 95.3 Å². The molecule has 2 fully saturated rings. The SMILES string of the molecule is O=C(c1[nH]c2ccc(F)c(Cl)c2c1F)N1C[C@@H](F)[C@@H](N(CCN2CC(F)C2)C(=O)C(F)(F)F)C1. The summed E-state index contributed by atoms with van der Waals surface area (Å²) in [5, 5.41) is -0.969. The summed E-state index contributed by atoms with van der Waals surface area (Å²) in [6, 6.07) is 0.444. The Morgan fingerprint density at radius 1 is 1.12 bits per heavy atom. The van der Waals surface area contributed by atoms with E-state index in [1.807, 2.05) is 0 Å². The molecule has 0 spiro atoms. The van der Waals surface area contributed by atoms with Crippen LogP contribution in [0, 0.1) is 11.6 Å². The summed E-state index contributed by atoms with van der Waals surface area (Å²) < 4.78 is 95.8. The predicted octanol–water partition coefficient (Wildman–Crippen LogP) is 3.31. The number of nitrogens with one attached hydrogen (secondary N) is 1. The van der Waals surface area contributed by atoms with Crippen molar-refractivity contribution in [3.8, 4) is 0 Å². The van der Waals surface area contributed by atoms with Gasteiger partial charge in [-0.15, -0.1) is 0 Å². The van der Waals surface area contributed by atoms with E-state index in [4.69, 9.17) is 11.6 Å². The van der Waals surface area contributed by atoms with Crippen LogP contribution in [0.2, 0.25) is 5.02 Å². The fourth-order valence-electron chi connectivity index (χ4n) is 4.22. The number of aromatic amines is 1. The van der Waals surface area contributed by atoms with E-state index in [2.05, 4.69) is 4.98 Å². The molecule has 0 aliphatic carbocycles. The summed E-state index contributed by atoms with van der Waals surface area (Å²) in [6.07, 6.45) is -8.46. The highest BCUT2D eigenvalue weighted by atomic mass is 35.5. The summed E-state index contributed by atoms with van der Waals surface area (Å²) in [7, 11) is 0. The first-order chi connectivity index (χ1) is 15.9. The lowest BCUT2D eigenvalue weighted by molar-refractivity contribution is -0.188. The minimum absolute atomic E-state index is 0.00520. The first kappa shape index (κ1) is 24.6. The van der Waals surface area contributed by atoms with Gasteiger partial charge in [0, 0.05) is 32.7 Å². The maximum atomic E-state index is 14.8. The number of benzene rings is 1. The molecule has 0 unspecified atom stereocenters. The van der Waals surface area contributed by atoms with Gasteiger partial charge in [0.1, 0.15) is 23.9 Å². The Morgan fingerprint density at radius 2 is 1.79 bits per heavy atom. The lowest BCUT2D eigenvalue weighted by Gasteiger charge is -2.37. The number of hydrogen-bond acceptors (Lipinski definition) is 3. The van der Waals surface area contributed by atoms with Crippen LogP contribution >= 0.6 is 11.6 Å². The molecule has 0 radical (unpaired) electrons. The van der Waals surface area contributed by atoms with Gasteiger partial charge in [0.2, 0.25) is 0 Å². The number of aromatic nitrogens is 1. The van der Waals surface area contributed by atoms with Gasteiger partial charge in [-0.05, 0) is 12.1 Å². The largest absolute Gasteiger partial charge is 0.471 e. The molecule has 2 aromatic rings. The number of rotatable bonds is 5. The van der Waals surface area contributed by atoms with Gasteiger partial charge < -0.3 is 14.8 Å². The molecule has 0 bridgehead atoms. The van der Waals surface area contributed by atoms with Gasteiger partial charge in [-0.3, -0.25) is 14.5 Å². The molecule has 2 amide bonds. The van der Waals surface area contributed by atoms with Gasteiger partial charge in [-0.25, -0.2) is 17.6 Å². The molecular weight excluding hydrogens is 497 g/mol. The van der Waals surface area contributed by atoms with E-state index < -0.39 is 83.7 Å². The highest BCUT2D eigenvalue weighted by molar-refractivity contribution is 6.35. The standard InChI is InChI=1S/C20H18ClF7N4O2/c21-15-10(23)1-2-12-14(15)16(25)17(29-12)18(33)31-7-11(24)13(8-31)32(19(34)20(26,27)28)4-3-30-5-9(22)6-30/h1-2,9,11,13,29H,3-8H2/t11-,13+/m1/s1. The highest BCUT2D eigenvalue weighted by Gasteiger charge is 2.49. The number of likely N-dealkylation sites (tertiary alicyclic amines) is 2. The van der Waals surface area contributed by atoms with Crippen molar-refractivity contribution in [3.63, 3.8) is 0 Å². The number of nitrogens with zero attached hydrogens (tertiary/aromatic N) is 3. The van der Waals surface area contributed by atoms with Gasteiger partial charge in [0.05, 0.1) is 28.5 Å². The highest BCUT2D eigenvalue weighted by Crippen LogP contribution is 2.32. The number of H-pyrrole nitrogens is 1. The number of halogens is 8. The number of carbonyl (C=O) groups excluding carboxylic acids is 2. The van der Waals surface area contributed by atoms with Crippen molar-refractivity contribution < 1.29 is 40.3 Å². The molecule has 1 aromatic heterocycles. The average molecular weight is 515 g/mol. The Balaban J connectivity index is 1.55. The molecule has 2 aliphatic rings. The van der Waals surface area contributed by atoms with E-state index in [9.17, 15) is 40.3 Å². The maximum Gasteiger partial charge on any atom is 0.471 e. The van der Waals surface area contributed by atoms with Crippen LogP contribution in [0.3, 0.4) is 0 Å². The van der Waals surface area contributed by atoms with Crippen molar-refractivity contribution in [2.24, 2.45) is 0 Å². The zero-order valence-electron chi connectivity index (χ0n) is 17.3. The third-order valence-electron chi connectivity index (χ3n) is 5.99. The number of hydrogen-bond donors (Lipinski definition) is 1. The molecule has 2 saturated heterocycles. The molecule has 2 aliphatic heterocycles. The first-order valence-electron chi connectivity index (χ1n) is 10.2. The molecule has 186 valence electrons. The lowest BCUT2D eigenvalue weighted by atomic mass is 10.1. The van der Waals surface area contributed by atoms with Crippen molar-refractivity contribution in [1.82, 2.24) is 19.7 Å². The second-order valence-corrected chi connectivity index (χ2v) is 8.62. The topological polar surface area (TPSA) is 59.7 Å². The summed E-state index contributed by atoms with van der Waals surface area (Å²) >= 11 is 5.76. The molecule has 1 N–H and O–H groups in total. The van der Waals surface area contributed by atoms with E-state index >= 15 is 0 Å². The van der Waals surface area contributed by atoms with Gasteiger partial charge in [-0.1, -0.05) is 11.6 Å². The Kier molecular flexibility index (Phi) is 6.44. The van der Waals surface area contributed by atoms with Crippen LogP contribution in [-0.2, 0) is 4.79 Å². The molecule has 6 nitrogen and oxygen atoms in total. The van der Waals surface area contributed by atoms with E-state index in [1.165, 1.54) is 4.90 Å². The minimum atomic E-state index is -5.29. The smallest absolute Gasteiger partial charge is 0.348 e. The number of amides is 2. The molecule has 34 heavy (non-hydrogen) atoms. The van der Waals surface area contributed by atoms with Gasteiger partial charge in [-0.2, -0.15) is 13.2 Å². The number of alkyl halides is 5. The van der Waals surface area contributed by atoms with E-state index in [0.717, 1.165) is 17.0 Å². The second-order valence-electron chi connectivity index (χ2n) is 8.24. The zero-order chi connectivity index (χ0) is 24.9. The van der Waals surface area contributed by atoms with E-state index in [-0.39, 0.29) is 30.1 Å². The second kappa shape index (κ2) is 8.91. The maximum absolute atomic E-state index is 14.8. The molecule has 1 aromatic carbocycles. The Morgan fingerprint density at radius 3 is 2.41 bits per heavy atom. The normalized spacial score (nSPS) is 21.8. The van der Waals surface area contributed by atoms with Crippen LogP contribution in [0.4, 0.5) is 30.7 Å². The van der Waals surface area contributed by atoms with Crippen molar-refractivity contribution in [1.29, 1.82) is 0 Å². The third-order valence-corrected chi connectivity index (χ3v) is 6.36. The summed E-state index contributed by atoms with van der Waals surface area (Å²) in [5.41, 5.74) is -0.673. The fraction of sp³-hybridized carbons (Fsp3) is 0.500. The van der Waals surface area contributed by atoms with E-state index in [1.54, 1.807) is 0 Å². The van der Waals surface area contributed by atoms with Crippen LogP contribution in [0.5, 0.6) is 0 Å². The van der Waals surface area contributed by atoms with Gasteiger partial charge in [0.15, 0.2) is 5.82 Å². The van der Waals surface area contributed by atoms with E-state index in [0.29, 0.717) is 0 Å². The van der Waals surface area contributed by atoms with Crippen LogP contribution < -0.4 is 0 Å². The van der Waals surface area contributed by atoms with Crippen molar-refractivity contribution >= 4 is 34.3 Å². The Labute approximate surface area is 193 Å². The Hall–Kier alpha value is -2.54. The molecule has 3 heterocycles. The molecule has 2 atom stereocenters. The van der Waals surface area contributed by atoms with Gasteiger partial charge in [0.25, 0.3) is 5.91 Å². The van der Waals surface area contributed by atoms with Crippen LogP contribution in [0.15, 0.2) is 12.1 Å². The monoisotopic (exact) mass is 514 g/mol. The molecule has 4 rings (SSSR count). The molecular formula is C20H18ClF7N4O2. The third kappa shape index (κ3) is 4.42. The van der Waals surface area contributed by atoms with Crippen LogP contribution in [0.25, 0.3) is 10.9 Å². The fourth-order valence-corrected chi connectivity index (χ4v) is 4.46. The number of fused-ring (bicyclic) bond motifs is 1. The minimum Gasteiger partial charge on any atom is -0.348 e. The first-order valence-corrected chi connectivity index (χ1v) is 10.6. The average Bonchev–Trinajstić information content (AvgIpc) is 3.28. The molecule has 14 heteroatoms. The predicted molar refractivity (Wildman–Crippen MR) is 107 cm³/mol. The number of carbonyl (C=O) groups is 2.